The molecule has 102 valence electrons. The van der Waals surface area contributed by atoms with Crippen LogP contribution < -0.4 is 0 Å². The molecular formula is C14H20CaO4. The zero-order chi connectivity index (χ0) is 13.4. The number of hydrogen-bond donors (Lipinski definition) is 0. The second-order valence-corrected chi connectivity index (χ2v) is 3.85. The third kappa shape index (κ3) is 6.41. The predicted molar refractivity (Wildman–Crippen MR) is 75.6 cm³/mol. The van der Waals surface area contributed by atoms with Crippen LogP contribution in [0.25, 0.3) is 0 Å². The van der Waals surface area contributed by atoms with Gasteiger partial charge in [-0.25, -0.2) is 9.59 Å². The van der Waals surface area contributed by atoms with Gasteiger partial charge in [-0.1, -0.05) is 13.8 Å². The van der Waals surface area contributed by atoms with Crippen LogP contribution >= 0.6 is 0 Å². The van der Waals surface area contributed by atoms with Crippen LogP contribution in [0.5, 0.6) is 0 Å². The minimum absolute atomic E-state index is 0. The summed E-state index contributed by atoms with van der Waals surface area (Å²) in [5, 5.41) is 0. The van der Waals surface area contributed by atoms with E-state index in [1.807, 2.05) is 13.8 Å². The van der Waals surface area contributed by atoms with Crippen molar-refractivity contribution in [1.82, 2.24) is 0 Å². The Morgan fingerprint density at radius 3 is 1.47 bits per heavy atom. The molecule has 0 aliphatic rings. The number of benzene rings is 1. The third-order valence-corrected chi connectivity index (χ3v) is 2.23. The SMILES string of the molecule is CCCOC(=O)c1ccc(C(=O)OCCC)cc1.[Ca+2].[H-].[H-]. The van der Waals surface area contributed by atoms with Gasteiger partial charge in [0.05, 0.1) is 24.3 Å². The predicted octanol–water partition coefficient (Wildman–Crippen LogP) is 2.66. The molecule has 0 heterocycles. The van der Waals surface area contributed by atoms with E-state index >= 15 is 0 Å². The average molecular weight is 292 g/mol. The topological polar surface area (TPSA) is 52.6 Å². The molecule has 0 fully saturated rings. The summed E-state index contributed by atoms with van der Waals surface area (Å²) >= 11 is 0. The summed E-state index contributed by atoms with van der Waals surface area (Å²) in [6.07, 6.45) is 1.57. The van der Waals surface area contributed by atoms with E-state index in [0.29, 0.717) is 24.3 Å². The minimum Gasteiger partial charge on any atom is -1.00 e. The Bertz CT molecular complexity index is 371. The third-order valence-electron chi connectivity index (χ3n) is 2.23. The molecule has 0 bridgehead atoms. The maximum absolute atomic E-state index is 11.5. The molecule has 0 aliphatic carbocycles. The Morgan fingerprint density at radius 1 is 0.895 bits per heavy atom. The van der Waals surface area contributed by atoms with E-state index in [2.05, 4.69) is 0 Å². The quantitative estimate of drug-likeness (QED) is 0.597. The average Bonchev–Trinajstić information content (AvgIpc) is 2.42. The van der Waals surface area contributed by atoms with Gasteiger partial charge < -0.3 is 12.3 Å². The van der Waals surface area contributed by atoms with Crippen molar-refractivity contribution in [1.29, 1.82) is 0 Å². The molecule has 0 atom stereocenters. The first kappa shape index (κ1) is 18.4. The Balaban J connectivity index is -0.00000108. The first-order chi connectivity index (χ1) is 8.69. The summed E-state index contributed by atoms with van der Waals surface area (Å²) < 4.78 is 9.97. The molecule has 1 aromatic carbocycles. The summed E-state index contributed by atoms with van der Waals surface area (Å²) in [6, 6.07) is 6.28. The zero-order valence-electron chi connectivity index (χ0n) is 13.5. The van der Waals surface area contributed by atoms with E-state index in [0.717, 1.165) is 12.8 Å². The zero-order valence-corrected chi connectivity index (χ0v) is 13.7. The molecule has 0 saturated heterocycles. The number of rotatable bonds is 6. The standard InChI is InChI=1S/C14H18O4.Ca.2H/c1-3-9-17-13(15)11-5-7-12(8-6-11)14(16)18-10-4-2;;;/h5-8H,3-4,9-10H2,1-2H3;;;/q;+2;2*-1. The van der Waals surface area contributed by atoms with Gasteiger partial charge in [0, 0.05) is 0 Å². The van der Waals surface area contributed by atoms with Crippen LogP contribution in [-0.4, -0.2) is 62.9 Å². The molecule has 0 radical (unpaired) electrons. The second kappa shape index (κ2) is 10.2. The van der Waals surface area contributed by atoms with Crippen LogP contribution in [0.2, 0.25) is 0 Å². The summed E-state index contributed by atoms with van der Waals surface area (Å²) in [5.41, 5.74) is 0.881. The van der Waals surface area contributed by atoms with Crippen LogP contribution in [0.1, 0.15) is 50.3 Å². The fourth-order valence-corrected chi connectivity index (χ4v) is 1.30. The van der Waals surface area contributed by atoms with Gasteiger partial charge in [0.2, 0.25) is 0 Å². The minimum atomic E-state index is -0.370. The smallest absolute Gasteiger partial charge is 1.00 e. The normalized spacial score (nSPS) is 9.37. The Kier molecular flexibility index (Phi) is 9.92. The van der Waals surface area contributed by atoms with E-state index in [1.165, 1.54) is 0 Å². The Hall–Kier alpha value is -0.580. The van der Waals surface area contributed by atoms with Crippen molar-refractivity contribution < 1.29 is 21.9 Å². The molecule has 5 heteroatoms. The van der Waals surface area contributed by atoms with E-state index in [4.69, 9.17) is 9.47 Å². The van der Waals surface area contributed by atoms with Crippen LogP contribution in [0.15, 0.2) is 24.3 Å². The van der Waals surface area contributed by atoms with Crippen molar-refractivity contribution in [2.24, 2.45) is 0 Å². The molecule has 1 rings (SSSR count). The molecule has 19 heavy (non-hydrogen) atoms. The van der Waals surface area contributed by atoms with E-state index in [-0.39, 0.29) is 52.5 Å². The van der Waals surface area contributed by atoms with Crippen molar-refractivity contribution in [3.63, 3.8) is 0 Å². The molecule has 0 amide bonds. The van der Waals surface area contributed by atoms with Crippen molar-refractivity contribution in [3.8, 4) is 0 Å². The number of carbonyl (C=O) groups is 2. The number of esters is 2. The summed E-state index contributed by atoms with van der Waals surface area (Å²) in [7, 11) is 0. The van der Waals surface area contributed by atoms with E-state index in [9.17, 15) is 9.59 Å². The molecule has 0 N–H and O–H groups in total. The number of ether oxygens (including phenoxy) is 2. The van der Waals surface area contributed by atoms with Crippen LogP contribution in [0.4, 0.5) is 0 Å². The van der Waals surface area contributed by atoms with E-state index < -0.39 is 0 Å². The first-order valence-electron chi connectivity index (χ1n) is 6.13. The molecule has 4 nitrogen and oxygen atoms in total. The van der Waals surface area contributed by atoms with Crippen LogP contribution in [0, 0.1) is 0 Å². The maximum atomic E-state index is 11.5. The largest absolute Gasteiger partial charge is 2.00 e. The van der Waals surface area contributed by atoms with Crippen molar-refractivity contribution >= 4 is 49.7 Å². The molecule has 0 unspecified atom stereocenters. The number of carbonyl (C=O) groups excluding carboxylic acids is 2. The van der Waals surface area contributed by atoms with Crippen LogP contribution in [0.3, 0.4) is 0 Å². The van der Waals surface area contributed by atoms with Gasteiger partial charge >= 0.3 is 49.7 Å². The Morgan fingerprint density at radius 2 is 1.21 bits per heavy atom. The monoisotopic (exact) mass is 292 g/mol. The molecular weight excluding hydrogens is 272 g/mol. The van der Waals surface area contributed by atoms with Gasteiger partial charge in [-0.15, -0.1) is 0 Å². The molecule has 1 aromatic rings. The fraction of sp³-hybridized carbons (Fsp3) is 0.429. The molecule has 0 aliphatic heterocycles. The van der Waals surface area contributed by atoms with Gasteiger partial charge in [-0.2, -0.15) is 0 Å². The molecule has 0 aromatic heterocycles. The number of hydrogen-bond acceptors (Lipinski definition) is 4. The van der Waals surface area contributed by atoms with E-state index in [1.54, 1.807) is 24.3 Å². The summed E-state index contributed by atoms with van der Waals surface area (Å²) in [5.74, 6) is -0.740. The summed E-state index contributed by atoms with van der Waals surface area (Å²) in [4.78, 5) is 23.0. The van der Waals surface area contributed by atoms with Crippen molar-refractivity contribution in [2.45, 2.75) is 26.7 Å². The second-order valence-electron chi connectivity index (χ2n) is 3.85. The Labute approximate surface area is 146 Å². The maximum Gasteiger partial charge on any atom is 2.00 e. The van der Waals surface area contributed by atoms with Gasteiger partial charge in [-0.3, -0.25) is 0 Å². The van der Waals surface area contributed by atoms with Gasteiger partial charge in [-0.05, 0) is 37.1 Å². The molecule has 0 spiro atoms. The van der Waals surface area contributed by atoms with Crippen molar-refractivity contribution in [2.75, 3.05) is 13.2 Å². The van der Waals surface area contributed by atoms with Crippen LogP contribution in [-0.2, 0) is 9.47 Å². The fourth-order valence-electron chi connectivity index (χ4n) is 1.30. The van der Waals surface area contributed by atoms with Gasteiger partial charge in [0.15, 0.2) is 0 Å². The van der Waals surface area contributed by atoms with Gasteiger partial charge in [0.25, 0.3) is 0 Å². The van der Waals surface area contributed by atoms with Gasteiger partial charge in [0.1, 0.15) is 0 Å². The summed E-state index contributed by atoms with van der Waals surface area (Å²) in [6.45, 7) is 4.67. The van der Waals surface area contributed by atoms with Crippen molar-refractivity contribution in [3.05, 3.63) is 35.4 Å². The first-order valence-corrected chi connectivity index (χ1v) is 6.13. The molecule has 0 saturated carbocycles.